The fraction of sp³-hybridized carbons (Fsp3) is 0.182. The predicted molar refractivity (Wildman–Crippen MR) is 111 cm³/mol. The highest BCUT2D eigenvalue weighted by Crippen LogP contribution is 2.44. The predicted octanol–water partition coefficient (Wildman–Crippen LogP) is 1.50. The summed E-state index contributed by atoms with van der Waals surface area (Å²) in [4.78, 5) is 49.0. The molecule has 158 valence electrons. The Kier molecular flexibility index (Phi) is 5.16. The van der Waals surface area contributed by atoms with Crippen molar-refractivity contribution in [2.75, 3.05) is 11.9 Å². The summed E-state index contributed by atoms with van der Waals surface area (Å²) in [5.74, 6) is -0.940. The topological polar surface area (TPSA) is 109 Å². The van der Waals surface area contributed by atoms with Gasteiger partial charge in [-0.1, -0.05) is 36.4 Å². The standard InChI is InChI=1S/C22H19N3O6/c1-24-17(11-19(27)25(2)22(24)29)23-18(26)12-30-21(28)20-13-7-3-5-9-15(13)31-16-10-6-4-8-14(16)20/h3-11,20H,12H2,1-2H3,(H,23,26). The molecule has 0 fully saturated rings. The molecule has 4 rings (SSSR count). The molecule has 0 radical (unpaired) electrons. The molecule has 9 heteroatoms. The Labute approximate surface area is 176 Å². The molecule has 0 saturated carbocycles. The Morgan fingerprint density at radius 2 is 1.55 bits per heavy atom. The van der Waals surface area contributed by atoms with Crippen LogP contribution in [0.4, 0.5) is 5.82 Å². The molecule has 0 bridgehead atoms. The van der Waals surface area contributed by atoms with Crippen molar-refractivity contribution in [2.24, 2.45) is 14.1 Å². The minimum atomic E-state index is -0.748. The van der Waals surface area contributed by atoms with Crippen LogP contribution < -0.4 is 21.3 Å². The summed E-state index contributed by atoms with van der Waals surface area (Å²) in [5, 5.41) is 2.42. The van der Waals surface area contributed by atoms with Crippen LogP contribution in [0.3, 0.4) is 0 Å². The first-order valence-electron chi connectivity index (χ1n) is 9.46. The number of carbonyl (C=O) groups excluding carboxylic acids is 2. The highest BCUT2D eigenvalue weighted by molar-refractivity contribution is 5.93. The summed E-state index contributed by atoms with van der Waals surface area (Å²) in [7, 11) is 2.75. The summed E-state index contributed by atoms with van der Waals surface area (Å²) in [5.41, 5.74) is 0.127. The Morgan fingerprint density at radius 3 is 2.16 bits per heavy atom. The normalized spacial score (nSPS) is 12.3. The number of amides is 1. The van der Waals surface area contributed by atoms with Crippen LogP contribution in [0.2, 0.25) is 0 Å². The Bertz CT molecular complexity index is 1260. The smallest absolute Gasteiger partial charge is 0.332 e. The zero-order valence-corrected chi connectivity index (χ0v) is 16.8. The van der Waals surface area contributed by atoms with Crippen LogP contribution >= 0.6 is 0 Å². The number of nitrogens with zero attached hydrogens (tertiary/aromatic N) is 2. The molecule has 0 unspecified atom stereocenters. The van der Waals surface area contributed by atoms with Crippen molar-refractivity contribution >= 4 is 17.7 Å². The average molecular weight is 421 g/mol. The summed E-state index contributed by atoms with van der Waals surface area (Å²) in [6, 6.07) is 15.4. The van der Waals surface area contributed by atoms with E-state index in [1.54, 1.807) is 48.5 Å². The van der Waals surface area contributed by atoms with Gasteiger partial charge in [0.2, 0.25) is 0 Å². The molecular weight excluding hydrogens is 402 g/mol. The Balaban J connectivity index is 1.52. The lowest BCUT2D eigenvalue weighted by Gasteiger charge is -2.26. The fourth-order valence-electron chi connectivity index (χ4n) is 3.42. The molecule has 2 aromatic carbocycles. The van der Waals surface area contributed by atoms with Crippen molar-refractivity contribution in [1.82, 2.24) is 9.13 Å². The number of aromatic nitrogens is 2. The molecule has 31 heavy (non-hydrogen) atoms. The highest BCUT2D eigenvalue weighted by atomic mass is 16.5. The SMILES string of the molecule is Cn1c(NC(=O)COC(=O)C2c3ccccc3Oc3ccccc32)cc(=O)n(C)c1=O. The number of ether oxygens (including phenoxy) is 2. The van der Waals surface area contributed by atoms with Crippen molar-refractivity contribution in [2.45, 2.75) is 5.92 Å². The third kappa shape index (κ3) is 3.73. The van der Waals surface area contributed by atoms with E-state index in [1.165, 1.54) is 14.1 Å². The van der Waals surface area contributed by atoms with Crippen molar-refractivity contribution in [3.8, 4) is 11.5 Å². The third-order valence-corrected chi connectivity index (χ3v) is 5.05. The van der Waals surface area contributed by atoms with Gasteiger partial charge in [-0.3, -0.25) is 23.5 Å². The van der Waals surface area contributed by atoms with Gasteiger partial charge in [0, 0.05) is 31.3 Å². The maximum atomic E-state index is 12.9. The minimum absolute atomic E-state index is 0.0101. The molecule has 1 aromatic heterocycles. The highest BCUT2D eigenvalue weighted by Gasteiger charge is 2.33. The number of carbonyl (C=O) groups is 2. The van der Waals surface area contributed by atoms with E-state index >= 15 is 0 Å². The molecule has 0 saturated heterocycles. The van der Waals surface area contributed by atoms with Gasteiger partial charge >= 0.3 is 11.7 Å². The maximum Gasteiger partial charge on any atom is 0.332 e. The van der Waals surface area contributed by atoms with Crippen LogP contribution in [-0.4, -0.2) is 27.6 Å². The molecule has 1 aliphatic heterocycles. The second-order valence-corrected chi connectivity index (χ2v) is 7.04. The van der Waals surface area contributed by atoms with E-state index in [-0.39, 0.29) is 5.82 Å². The van der Waals surface area contributed by atoms with Gasteiger partial charge in [-0.05, 0) is 12.1 Å². The quantitative estimate of drug-likeness (QED) is 0.640. The van der Waals surface area contributed by atoms with Crippen LogP contribution in [0.1, 0.15) is 17.0 Å². The Hall–Kier alpha value is -4.14. The van der Waals surface area contributed by atoms with Crippen molar-refractivity contribution in [1.29, 1.82) is 0 Å². The number of para-hydroxylation sites is 2. The molecular formula is C22H19N3O6. The van der Waals surface area contributed by atoms with Gasteiger partial charge < -0.3 is 14.8 Å². The number of nitrogens with one attached hydrogen (secondary N) is 1. The largest absolute Gasteiger partial charge is 0.457 e. The third-order valence-electron chi connectivity index (χ3n) is 5.05. The number of fused-ring (bicyclic) bond motifs is 2. The van der Waals surface area contributed by atoms with Gasteiger partial charge in [0.05, 0.1) is 0 Å². The molecule has 9 nitrogen and oxygen atoms in total. The van der Waals surface area contributed by atoms with E-state index in [0.717, 1.165) is 15.2 Å². The van der Waals surface area contributed by atoms with E-state index in [1.807, 2.05) is 0 Å². The van der Waals surface area contributed by atoms with Crippen LogP contribution in [0.25, 0.3) is 0 Å². The molecule has 0 atom stereocenters. The van der Waals surface area contributed by atoms with Gasteiger partial charge in [-0.15, -0.1) is 0 Å². The van der Waals surface area contributed by atoms with Crippen LogP contribution in [0.15, 0.2) is 64.2 Å². The van der Waals surface area contributed by atoms with E-state index in [0.29, 0.717) is 22.6 Å². The number of esters is 1. The maximum absolute atomic E-state index is 12.9. The van der Waals surface area contributed by atoms with Gasteiger partial charge in [0.25, 0.3) is 11.5 Å². The second-order valence-electron chi connectivity index (χ2n) is 7.04. The van der Waals surface area contributed by atoms with Gasteiger partial charge in [0.1, 0.15) is 23.2 Å². The van der Waals surface area contributed by atoms with E-state index in [9.17, 15) is 19.2 Å². The van der Waals surface area contributed by atoms with Gasteiger partial charge in [-0.2, -0.15) is 0 Å². The summed E-state index contributed by atoms with van der Waals surface area (Å²) in [6.07, 6.45) is 0. The number of anilines is 1. The number of hydrogen-bond donors (Lipinski definition) is 1. The molecule has 1 aliphatic rings. The second kappa shape index (κ2) is 7.94. The van der Waals surface area contributed by atoms with Crippen LogP contribution in [0, 0.1) is 0 Å². The number of hydrogen-bond acceptors (Lipinski definition) is 6. The average Bonchev–Trinajstić information content (AvgIpc) is 2.78. The first-order chi connectivity index (χ1) is 14.9. The number of rotatable bonds is 4. The minimum Gasteiger partial charge on any atom is -0.457 e. The molecule has 0 aliphatic carbocycles. The fourth-order valence-corrected chi connectivity index (χ4v) is 3.42. The zero-order chi connectivity index (χ0) is 22.1. The first-order valence-corrected chi connectivity index (χ1v) is 9.46. The van der Waals surface area contributed by atoms with Gasteiger partial charge in [0.15, 0.2) is 6.61 Å². The Morgan fingerprint density at radius 1 is 0.968 bits per heavy atom. The summed E-state index contributed by atoms with van der Waals surface area (Å²) in [6.45, 7) is -0.579. The lowest BCUT2D eigenvalue weighted by molar-refractivity contribution is -0.148. The molecule has 1 amide bonds. The van der Waals surface area contributed by atoms with Crippen LogP contribution in [0.5, 0.6) is 11.5 Å². The van der Waals surface area contributed by atoms with Crippen LogP contribution in [-0.2, 0) is 28.4 Å². The molecule has 1 N–H and O–H groups in total. The lowest BCUT2D eigenvalue weighted by Crippen LogP contribution is -2.38. The lowest BCUT2D eigenvalue weighted by atomic mass is 9.88. The molecule has 0 spiro atoms. The van der Waals surface area contributed by atoms with E-state index in [2.05, 4.69) is 5.32 Å². The van der Waals surface area contributed by atoms with E-state index < -0.39 is 35.7 Å². The van der Waals surface area contributed by atoms with Crippen molar-refractivity contribution < 1.29 is 19.1 Å². The summed E-state index contributed by atoms with van der Waals surface area (Å²) < 4.78 is 13.2. The monoisotopic (exact) mass is 421 g/mol. The molecule has 3 aromatic rings. The summed E-state index contributed by atoms with van der Waals surface area (Å²) >= 11 is 0. The zero-order valence-electron chi connectivity index (χ0n) is 16.8. The van der Waals surface area contributed by atoms with Crippen molar-refractivity contribution in [3.63, 3.8) is 0 Å². The van der Waals surface area contributed by atoms with Crippen molar-refractivity contribution in [3.05, 3.63) is 86.6 Å². The number of benzene rings is 2. The first kappa shape index (κ1) is 20.1. The van der Waals surface area contributed by atoms with Gasteiger partial charge in [-0.25, -0.2) is 4.79 Å². The molecule has 2 heterocycles. The van der Waals surface area contributed by atoms with E-state index in [4.69, 9.17) is 9.47 Å².